The number of anilines is 1. The number of amides is 1. The van der Waals surface area contributed by atoms with Gasteiger partial charge in [-0.05, 0) is 47.7 Å². The van der Waals surface area contributed by atoms with Crippen LogP contribution in [0, 0.1) is 0 Å². The van der Waals surface area contributed by atoms with Crippen molar-refractivity contribution in [2.24, 2.45) is 0 Å². The average molecular weight is 535 g/mol. The highest BCUT2D eigenvalue weighted by atomic mass is 35.5. The first-order valence-electron chi connectivity index (χ1n) is 9.12. The third-order valence-corrected chi connectivity index (χ3v) is 5.51. The van der Waals surface area contributed by atoms with Crippen molar-refractivity contribution in [1.82, 2.24) is 5.32 Å². The van der Waals surface area contributed by atoms with Crippen LogP contribution in [0.25, 0.3) is 0 Å². The van der Waals surface area contributed by atoms with E-state index in [0.29, 0.717) is 6.07 Å². The van der Waals surface area contributed by atoms with Crippen LogP contribution in [0.5, 0.6) is 0 Å². The molecule has 0 unspecified atom stereocenters. The molecule has 0 aliphatic heterocycles. The lowest BCUT2D eigenvalue weighted by molar-refractivity contribution is -0.260. The highest BCUT2D eigenvalue weighted by Crippen LogP contribution is 2.41. The van der Waals surface area contributed by atoms with Crippen LogP contribution >= 0.6 is 35.0 Å². The molecule has 13 heteroatoms. The first kappa shape index (κ1) is 27.4. The van der Waals surface area contributed by atoms with Gasteiger partial charge in [-0.3, -0.25) is 4.79 Å². The van der Waals surface area contributed by atoms with E-state index >= 15 is 0 Å². The first-order chi connectivity index (χ1) is 15.2. The quantitative estimate of drug-likeness (QED) is 0.371. The minimum Gasteiger partial charge on any atom is -0.381 e. The summed E-state index contributed by atoms with van der Waals surface area (Å²) in [7, 11) is 0. The Labute approximate surface area is 199 Å². The van der Waals surface area contributed by atoms with Crippen molar-refractivity contribution in [3.05, 3.63) is 63.1 Å². The number of benzene rings is 2. The van der Waals surface area contributed by atoms with Crippen molar-refractivity contribution in [1.29, 1.82) is 0 Å². The van der Waals surface area contributed by atoms with Crippen LogP contribution in [0.2, 0.25) is 10.0 Å². The molecule has 2 aromatic rings. The van der Waals surface area contributed by atoms with Gasteiger partial charge in [0.1, 0.15) is 0 Å². The molecule has 1 atom stereocenters. The lowest BCUT2D eigenvalue weighted by atomic mass is 9.92. The predicted molar refractivity (Wildman–Crippen MR) is 117 cm³/mol. The molecule has 33 heavy (non-hydrogen) atoms. The molecule has 0 bridgehead atoms. The number of carbonyl (C=O) groups excluding carboxylic acids is 1. The molecule has 0 aromatic heterocycles. The molecule has 3 N–H and O–H groups in total. The van der Waals surface area contributed by atoms with Gasteiger partial charge in [-0.15, -0.1) is 0 Å². The second-order valence-electron chi connectivity index (χ2n) is 6.95. The van der Waals surface area contributed by atoms with E-state index < -0.39 is 48.1 Å². The normalized spacial score (nSPS) is 14.0. The van der Waals surface area contributed by atoms with Crippen molar-refractivity contribution in [3.63, 3.8) is 0 Å². The molecule has 1 amide bonds. The highest BCUT2D eigenvalue weighted by molar-refractivity contribution is 7.99. The van der Waals surface area contributed by atoms with E-state index in [-0.39, 0.29) is 27.0 Å². The Morgan fingerprint density at radius 2 is 1.64 bits per heavy atom. The second-order valence-corrected chi connectivity index (χ2v) is 8.69. The Morgan fingerprint density at radius 1 is 1.03 bits per heavy atom. The predicted octanol–water partition coefficient (Wildman–Crippen LogP) is 5.85. The summed E-state index contributed by atoms with van der Waals surface area (Å²) in [6.07, 6.45) is -8.39. The van der Waals surface area contributed by atoms with Gasteiger partial charge in [0.25, 0.3) is 0 Å². The SMILES string of the molecule is CSCC(=O)NCc1ccc(NC[C@](O)(c2cc(Cl)cc(Cl)c2)C(F)(F)F)cc1C(F)(F)F. The van der Waals surface area contributed by atoms with Crippen LogP contribution in [0.3, 0.4) is 0 Å². The topological polar surface area (TPSA) is 61.4 Å². The molecule has 0 spiro atoms. The molecule has 0 aliphatic carbocycles. The largest absolute Gasteiger partial charge is 0.423 e. The fraction of sp³-hybridized carbons (Fsp3) is 0.350. The average Bonchev–Trinajstić information content (AvgIpc) is 2.68. The standard InChI is InChI=1S/C20H18Cl2F6N2O2S/c1-33-9-17(31)29-8-11-2-3-15(7-16(11)19(23,24)25)30-10-18(32,20(26,27)28)12-4-13(21)6-14(22)5-12/h2-7,30,32H,8-10H2,1H3,(H,29,31)/t18-/m0/s1. The fourth-order valence-corrected chi connectivity index (χ4v) is 3.76. The molecular weight excluding hydrogens is 517 g/mol. The Hall–Kier alpha value is -1.82. The molecular formula is C20H18Cl2F6N2O2S. The van der Waals surface area contributed by atoms with Gasteiger partial charge < -0.3 is 15.7 Å². The molecule has 182 valence electrons. The van der Waals surface area contributed by atoms with Crippen LogP contribution in [-0.2, 0) is 23.1 Å². The van der Waals surface area contributed by atoms with E-state index in [0.717, 1.165) is 24.3 Å². The van der Waals surface area contributed by atoms with Crippen molar-refractivity contribution in [2.75, 3.05) is 23.9 Å². The van der Waals surface area contributed by atoms with Crippen molar-refractivity contribution in [2.45, 2.75) is 24.5 Å². The van der Waals surface area contributed by atoms with Crippen molar-refractivity contribution in [3.8, 4) is 0 Å². The van der Waals surface area contributed by atoms with Gasteiger partial charge in [-0.25, -0.2) is 0 Å². The number of hydrogen-bond acceptors (Lipinski definition) is 4. The number of alkyl halides is 6. The Morgan fingerprint density at radius 3 is 2.15 bits per heavy atom. The Balaban J connectivity index is 2.33. The van der Waals surface area contributed by atoms with E-state index in [1.165, 1.54) is 17.8 Å². The summed E-state index contributed by atoms with van der Waals surface area (Å²) in [6.45, 7) is -1.63. The summed E-state index contributed by atoms with van der Waals surface area (Å²) in [5, 5.41) is 14.7. The number of aliphatic hydroxyl groups is 1. The highest BCUT2D eigenvalue weighted by Gasteiger charge is 2.55. The second kappa shape index (κ2) is 10.6. The van der Waals surface area contributed by atoms with Crippen LogP contribution in [-0.4, -0.2) is 35.7 Å². The number of nitrogens with one attached hydrogen (secondary N) is 2. The Bertz CT molecular complexity index is 983. The zero-order chi connectivity index (χ0) is 25.0. The minimum atomic E-state index is -5.21. The van der Waals surface area contributed by atoms with Crippen LogP contribution in [0.15, 0.2) is 36.4 Å². The van der Waals surface area contributed by atoms with E-state index in [2.05, 4.69) is 10.6 Å². The molecule has 0 saturated heterocycles. The summed E-state index contributed by atoms with van der Waals surface area (Å²) in [6, 6.07) is 5.66. The maximum atomic E-state index is 13.7. The zero-order valence-corrected chi connectivity index (χ0v) is 19.2. The molecule has 0 fully saturated rings. The van der Waals surface area contributed by atoms with Crippen LogP contribution < -0.4 is 10.6 Å². The Kier molecular flexibility index (Phi) is 8.83. The smallest absolute Gasteiger partial charge is 0.381 e. The van der Waals surface area contributed by atoms with Gasteiger partial charge in [-0.1, -0.05) is 29.3 Å². The van der Waals surface area contributed by atoms with E-state index in [9.17, 15) is 36.2 Å². The number of thioether (sulfide) groups is 1. The molecule has 0 radical (unpaired) electrons. The molecule has 0 saturated carbocycles. The summed E-state index contributed by atoms with van der Waals surface area (Å²) in [4.78, 5) is 11.6. The summed E-state index contributed by atoms with van der Waals surface area (Å²) in [5.74, 6) is -0.405. The molecule has 0 aliphatic rings. The molecule has 4 nitrogen and oxygen atoms in total. The minimum absolute atomic E-state index is 0.0601. The monoisotopic (exact) mass is 534 g/mol. The lowest BCUT2D eigenvalue weighted by Crippen LogP contribution is -2.47. The van der Waals surface area contributed by atoms with Crippen molar-refractivity contribution < 1.29 is 36.2 Å². The van der Waals surface area contributed by atoms with Gasteiger partial charge >= 0.3 is 12.4 Å². The van der Waals surface area contributed by atoms with Crippen LogP contribution in [0.4, 0.5) is 32.0 Å². The lowest BCUT2D eigenvalue weighted by Gasteiger charge is -2.32. The zero-order valence-electron chi connectivity index (χ0n) is 16.9. The first-order valence-corrected chi connectivity index (χ1v) is 11.3. The number of rotatable bonds is 8. The van der Waals surface area contributed by atoms with Gasteiger partial charge in [0.15, 0.2) is 0 Å². The third-order valence-electron chi connectivity index (χ3n) is 4.52. The van der Waals surface area contributed by atoms with Gasteiger partial charge in [0.2, 0.25) is 11.5 Å². The van der Waals surface area contributed by atoms with Gasteiger partial charge in [0.05, 0.1) is 17.9 Å². The van der Waals surface area contributed by atoms with E-state index in [4.69, 9.17) is 23.2 Å². The number of hydrogen-bond donors (Lipinski definition) is 3. The molecule has 0 heterocycles. The van der Waals surface area contributed by atoms with Gasteiger partial charge in [0, 0.05) is 22.3 Å². The van der Waals surface area contributed by atoms with Gasteiger partial charge in [-0.2, -0.15) is 38.1 Å². The van der Waals surface area contributed by atoms with Crippen molar-refractivity contribution >= 4 is 46.6 Å². The fourth-order valence-electron chi connectivity index (χ4n) is 2.87. The van der Waals surface area contributed by atoms with E-state index in [1.54, 1.807) is 6.26 Å². The summed E-state index contributed by atoms with van der Waals surface area (Å²) in [5.41, 5.74) is -5.90. The summed E-state index contributed by atoms with van der Waals surface area (Å²) >= 11 is 12.7. The maximum absolute atomic E-state index is 13.7. The molecule has 2 rings (SSSR count). The third kappa shape index (κ3) is 7.08. The molecule has 2 aromatic carbocycles. The van der Waals surface area contributed by atoms with E-state index in [1.807, 2.05) is 0 Å². The number of halogens is 8. The maximum Gasteiger partial charge on any atom is 0.423 e. The summed E-state index contributed by atoms with van der Waals surface area (Å²) < 4.78 is 81.7. The van der Waals surface area contributed by atoms with Crippen LogP contribution in [0.1, 0.15) is 16.7 Å². The number of carbonyl (C=O) groups is 1.